The number of carboxylic acids is 1. The molecule has 0 bridgehead atoms. The topological polar surface area (TPSA) is 46.5 Å². The van der Waals surface area contributed by atoms with Crippen LogP contribution in [-0.2, 0) is 0 Å². The zero-order chi connectivity index (χ0) is 19.3. The van der Waals surface area contributed by atoms with E-state index in [9.17, 15) is 4.79 Å². The van der Waals surface area contributed by atoms with Crippen molar-refractivity contribution in [3.63, 3.8) is 0 Å². The van der Waals surface area contributed by atoms with Crippen molar-refractivity contribution in [2.45, 2.75) is 64.7 Å². The average Bonchev–Trinajstić information content (AvgIpc) is 2.70. The van der Waals surface area contributed by atoms with Crippen molar-refractivity contribution in [2.75, 3.05) is 6.61 Å². The Labute approximate surface area is 163 Å². The second-order valence-electron chi connectivity index (χ2n) is 7.08. The molecule has 27 heavy (non-hydrogen) atoms. The lowest BCUT2D eigenvalue weighted by molar-refractivity contribution is 0.0697. The quantitative estimate of drug-likeness (QED) is 0.389. The van der Waals surface area contributed by atoms with Crippen LogP contribution in [0.5, 0.6) is 5.75 Å². The average molecular weight is 369 g/mol. The summed E-state index contributed by atoms with van der Waals surface area (Å²) in [6, 6.07) is 14.9. The van der Waals surface area contributed by atoms with E-state index in [1.165, 1.54) is 51.4 Å². The summed E-state index contributed by atoms with van der Waals surface area (Å²) >= 11 is 0. The molecule has 0 aliphatic carbocycles. The third-order valence-electron chi connectivity index (χ3n) is 4.84. The van der Waals surface area contributed by atoms with Gasteiger partial charge in [-0.3, -0.25) is 0 Å². The van der Waals surface area contributed by atoms with Crippen molar-refractivity contribution < 1.29 is 14.6 Å². The number of benzene rings is 2. The number of carboxylic acid groups (broad SMARTS) is 1. The van der Waals surface area contributed by atoms with E-state index in [4.69, 9.17) is 9.84 Å². The van der Waals surface area contributed by atoms with Crippen molar-refractivity contribution in [1.82, 2.24) is 0 Å². The van der Waals surface area contributed by atoms with Gasteiger partial charge in [0.1, 0.15) is 5.75 Å². The SMILES string of the molecule is CCCCCCCCCCCOc1ccc(-c2ccc(C(=O)O)cc2)cc1. The number of carbonyl (C=O) groups is 1. The van der Waals surface area contributed by atoms with Crippen LogP contribution in [0.1, 0.15) is 75.1 Å². The lowest BCUT2D eigenvalue weighted by atomic mass is 10.0. The van der Waals surface area contributed by atoms with Gasteiger partial charge in [0.25, 0.3) is 0 Å². The molecule has 146 valence electrons. The van der Waals surface area contributed by atoms with Gasteiger partial charge in [0.15, 0.2) is 0 Å². The number of ether oxygens (including phenoxy) is 1. The Morgan fingerprint density at radius 1 is 0.741 bits per heavy atom. The summed E-state index contributed by atoms with van der Waals surface area (Å²) in [6.45, 7) is 3.02. The van der Waals surface area contributed by atoms with Crippen molar-refractivity contribution in [1.29, 1.82) is 0 Å². The first-order valence-corrected chi connectivity index (χ1v) is 10.3. The van der Waals surface area contributed by atoms with Crippen LogP contribution in [0.3, 0.4) is 0 Å². The molecule has 3 nitrogen and oxygen atoms in total. The Bertz CT molecular complexity index is 659. The molecule has 2 rings (SSSR count). The van der Waals surface area contributed by atoms with Crippen LogP contribution in [0, 0.1) is 0 Å². The normalized spacial score (nSPS) is 10.7. The molecule has 2 aromatic rings. The Morgan fingerprint density at radius 3 is 1.74 bits per heavy atom. The molecular weight excluding hydrogens is 336 g/mol. The second-order valence-corrected chi connectivity index (χ2v) is 7.08. The van der Waals surface area contributed by atoms with E-state index >= 15 is 0 Å². The zero-order valence-corrected chi connectivity index (χ0v) is 16.5. The molecule has 0 spiro atoms. The fourth-order valence-electron chi connectivity index (χ4n) is 3.15. The van der Waals surface area contributed by atoms with Crippen LogP contribution in [0.4, 0.5) is 0 Å². The van der Waals surface area contributed by atoms with E-state index in [0.29, 0.717) is 5.56 Å². The molecule has 0 radical (unpaired) electrons. The van der Waals surface area contributed by atoms with Crippen LogP contribution >= 0.6 is 0 Å². The largest absolute Gasteiger partial charge is 0.494 e. The van der Waals surface area contributed by atoms with Crippen molar-refractivity contribution >= 4 is 5.97 Å². The number of hydrogen-bond acceptors (Lipinski definition) is 2. The summed E-state index contributed by atoms with van der Waals surface area (Å²) in [6.07, 6.45) is 11.8. The standard InChI is InChI=1S/C24H32O3/c1-2-3-4-5-6-7-8-9-10-19-27-23-17-15-21(16-18-23)20-11-13-22(14-12-20)24(25)26/h11-18H,2-10,19H2,1H3,(H,25,26). The van der Waals surface area contributed by atoms with Gasteiger partial charge < -0.3 is 9.84 Å². The van der Waals surface area contributed by atoms with Crippen LogP contribution < -0.4 is 4.74 Å². The van der Waals surface area contributed by atoms with E-state index in [1.807, 2.05) is 36.4 Å². The first kappa shape index (κ1) is 21.0. The number of unbranched alkanes of at least 4 members (excludes halogenated alkanes) is 8. The smallest absolute Gasteiger partial charge is 0.335 e. The Morgan fingerprint density at radius 2 is 1.22 bits per heavy atom. The highest BCUT2D eigenvalue weighted by atomic mass is 16.5. The van der Waals surface area contributed by atoms with E-state index in [1.54, 1.807) is 12.1 Å². The lowest BCUT2D eigenvalue weighted by Gasteiger charge is -2.08. The van der Waals surface area contributed by atoms with Crippen LogP contribution in [0.25, 0.3) is 11.1 Å². The van der Waals surface area contributed by atoms with Gasteiger partial charge in [0, 0.05) is 0 Å². The minimum Gasteiger partial charge on any atom is -0.494 e. The molecule has 0 atom stereocenters. The Balaban J connectivity index is 1.63. The molecule has 0 aliphatic heterocycles. The Hall–Kier alpha value is -2.29. The summed E-state index contributed by atoms with van der Waals surface area (Å²) in [7, 11) is 0. The molecule has 0 saturated heterocycles. The second kappa shape index (κ2) is 12.2. The van der Waals surface area contributed by atoms with Gasteiger partial charge in [-0.15, -0.1) is 0 Å². The van der Waals surface area contributed by atoms with Gasteiger partial charge >= 0.3 is 5.97 Å². The minimum atomic E-state index is -0.901. The lowest BCUT2D eigenvalue weighted by Crippen LogP contribution is -1.97. The fraction of sp³-hybridized carbons (Fsp3) is 0.458. The molecule has 0 aromatic heterocycles. The molecule has 3 heteroatoms. The fourth-order valence-corrected chi connectivity index (χ4v) is 3.15. The number of hydrogen-bond donors (Lipinski definition) is 1. The summed E-state index contributed by atoms with van der Waals surface area (Å²) in [5, 5.41) is 8.96. The van der Waals surface area contributed by atoms with Gasteiger partial charge in [-0.1, -0.05) is 82.6 Å². The maximum absolute atomic E-state index is 10.9. The highest BCUT2D eigenvalue weighted by Gasteiger charge is 2.03. The van der Waals surface area contributed by atoms with E-state index in [-0.39, 0.29) is 0 Å². The summed E-state index contributed by atoms with van der Waals surface area (Å²) in [5.41, 5.74) is 2.37. The summed E-state index contributed by atoms with van der Waals surface area (Å²) < 4.78 is 5.83. The van der Waals surface area contributed by atoms with Gasteiger partial charge in [-0.2, -0.15) is 0 Å². The van der Waals surface area contributed by atoms with Gasteiger partial charge in [-0.25, -0.2) is 4.79 Å². The molecule has 1 N–H and O–H groups in total. The molecular formula is C24H32O3. The molecule has 0 fully saturated rings. The van der Waals surface area contributed by atoms with Crippen LogP contribution in [-0.4, -0.2) is 17.7 Å². The van der Waals surface area contributed by atoms with Crippen molar-refractivity contribution in [3.05, 3.63) is 54.1 Å². The van der Waals surface area contributed by atoms with Gasteiger partial charge in [0.2, 0.25) is 0 Å². The third-order valence-corrected chi connectivity index (χ3v) is 4.84. The highest BCUT2D eigenvalue weighted by molar-refractivity contribution is 5.88. The Kier molecular flexibility index (Phi) is 9.47. The zero-order valence-electron chi connectivity index (χ0n) is 16.5. The first-order chi connectivity index (χ1) is 13.2. The number of rotatable bonds is 13. The summed E-state index contributed by atoms with van der Waals surface area (Å²) in [4.78, 5) is 10.9. The van der Waals surface area contributed by atoms with Gasteiger partial charge in [0.05, 0.1) is 12.2 Å². The monoisotopic (exact) mass is 368 g/mol. The van der Waals surface area contributed by atoms with Gasteiger partial charge in [-0.05, 0) is 41.8 Å². The third kappa shape index (κ3) is 7.86. The van der Waals surface area contributed by atoms with E-state index < -0.39 is 5.97 Å². The molecule has 0 amide bonds. The first-order valence-electron chi connectivity index (χ1n) is 10.3. The van der Waals surface area contributed by atoms with Crippen molar-refractivity contribution in [3.8, 4) is 16.9 Å². The molecule has 0 saturated carbocycles. The minimum absolute atomic E-state index is 0.305. The maximum Gasteiger partial charge on any atom is 0.335 e. The van der Waals surface area contributed by atoms with E-state index in [0.717, 1.165) is 29.9 Å². The highest BCUT2D eigenvalue weighted by Crippen LogP contribution is 2.23. The maximum atomic E-state index is 10.9. The predicted octanol–water partition coefficient (Wildman–Crippen LogP) is 6.96. The van der Waals surface area contributed by atoms with Crippen molar-refractivity contribution in [2.24, 2.45) is 0 Å². The van der Waals surface area contributed by atoms with E-state index in [2.05, 4.69) is 6.92 Å². The van der Waals surface area contributed by atoms with Crippen LogP contribution in [0.2, 0.25) is 0 Å². The predicted molar refractivity (Wildman–Crippen MR) is 112 cm³/mol. The molecule has 0 heterocycles. The molecule has 0 aliphatic rings. The van der Waals surface area contributed by atoms with Crippen LogP contribution in [0.15, 0.2) is 48.5 Å². The summed E-state index contributed by atoms with van der Waals surface area (Å²) in [5.74, 6) is -0.0118. The molecule has 0 unspecified atom stereocenters. The number of aromatic carboxylic acids is 1. The molecule has 2 aromatic carbocycles.